The predicted octanol–water partition coefficient (Wildman–Crippen LogP) is 4.75. The van der Waals surface area contributed by atoms with Crippen LogP contribution in [0.1, 0.15) is 37.1 Å². The molecule has 0 spiro atoms. The van der Waals surface area contributed by atoms with Crippen LogP contribution in [-0.2, 0) is 19.2 Å². The zero-order chi connectivity index (χ0) is 38.0. The van der Waals surface area contributed by atoms with Gasteiger partial charge >= 0.3 is 0 Å². The Morgan fingerprint density at radius 1 is 0.537 bits per heavy atom. The SMILES string of the molecule is CCOc1ccc(N2C(=O)C3C(C2=O)N2C(c4cccc([N+](=O)[O-])c4)C4C(=O)N(c5ccc(OCC)cc5)C(=O)C4N2C3c2cccc([N+](=O)[O-])c2)cc1. The third-order valence-corrected chi connectivity index (χ3v) is 10.4. The van der Waals surface area contributed by atoms with Gasteiger partial charge in [0, 0.05) is 24.3 Å². The lowest BCUT2D eigenvalue weighted by Crippen LogP contribution is -2.50. The van der Waals surface area contributed by atoms with Crippen molar-refractivity contribution in [3.8, 4) is 11.5 Å². The Morgan fingerprint density at radius 2 is 0.907 bits per heavy atom. The molecule has 0 saturated carbocycles. The van der Waals surface area contributed by atoms with Gasteiger partial charge in [-0.15, -0.1) is 0 Å². The molecule has 0 bridgehead atoms. The van der Waals surface area contributed by atoms with Gasteiger partial charge < -0.3 is 9.47 Å². The first kappa shape index (κ1) is 34.6. The molecule has 6 atom stereocenters. The number of fused-ring (bicyclic) bond motifs is 5. The van der Waals surface area contributed by atoms with Crippen molar-refractivity contribution in [2.75, 3.05) is 23.0 Å². The molecule has 8 rings (SSSR count). The van der Waals surface area contributed by atoms with Crippen molar-refractivity contribution in [3.05, 3.63) is 128 Å². The number of benzene rings is 4. The standard InChI is InChI=1S/C38H32N6O10/c1-3-53-27-15-11-23(12-16-27)39-35(45)29-31(21-7-5-9-25(19-21)43(49)50)42-34-30(36(46)40(38(34)48)24-13-17-28(18-14-24)54-4-2)32(41(42)33(29)37(39)47)22-8-6-10-26(20-22)44(51)52/h5-20,29-34H,3-4H2,1-2H3. The summed E-state index contributed by atoms with van der Waals surface area (Å²) in [4.78, 5) is 83.6. The Hall–Kier alpha value is -6.52. The molecule has 0 radical (unpaired) electrons. The van der Waals surface area contributed by atoms with E-state index in [1.807, 2.05) is 13.8 Å². The third-order valence-electron chi connectivity index (χ3n) is 10.4. The average Bonchev–Trinajstić information content (AvgIpc) is 3.84. The van der Waals surface area contributed by atoms with E-state index in [-0.39, 0.29) is 33.9 Å². The second kappa shape index (κ2) is 13.2. The highest BCUT2D eigenvalue weighted by molar-refractivity contribution is 6.26. The van der Waals surface area contributed by atoms with Crippen LogP contribution in [0.25, 0.3) is 0 Å². The molecule has 16 nitrogen and oxygen atoms in total. The number of imide groups is 2. The number of nitro groups is 2. The Bertz CT molecular complexity index is 2070. The van der Waals surface area contributed by atoms with Crippen LogP contribution in [0.4, 0.5) is 22.7 Å². The Balaban J connectivity index is 1.31. The van der Waals surface area contributed by atoms with E-state index < -0.39 is 69.5 Å². The maximum absolute atomic E-state index is 14.7. The Kier molecular flexibility index (Phi) is 8.42. The van der Waals surface area contributed by atoms with E-state index in [4.69, 9.17) is 9.47 Å². The predicted molar refractivity (Wildman–Crippen MR) is 190 cm³/mol. The molecule has 4 aromatic carbocycles. The lowest BCUT2D eigenvalue weighted by Gasteiger charge is -2.35. The number of nitro benzene ring substituents is 2. The molecule has 4 amide bonds. The van der Waals surface area contributed by atoms with E-state index >= 15 is 0 Å². The first-order chi connectivity index (χ1) is 26.0. The quantitative estimate of drug-likeness (QED) is 0.124. The molecule has 4 aliphatic heterocycles. The molecule has 0 aliphatic carbocycles. The number of amides is 4. The Labute approximate surface area is 307 Å². The van der Waals surface area contributed by atoms with Crippen molar-refractivity contribution in [2.24, 2.45) is 11.8 Å². The summed E-state index contributed by atoms with van der Waals surface area (Å²) in [6.07, 6.45) is 0. The molecule has 4 fully saturated rings. The fourth-order valence-corrected chi connectivity index (χ4v) is 8.37. The van der Waals surface area contributed by atoms with Gasteiger partial charge in [0.2, 0.25) is 11.8 Å². The summed E-state index contributed by atoms with van der Waals surface area (Å²) in [5.41, 5.74) is 0.501. The number of hydrazine groups is 1. The fraction of sp³-hybridized carbons (Fsp3) is 0.263. The topological polar surface area (TPSA) is 186 Å². The van der Waals surface area contributed by atoms with Crippen LogP contribution in [0.2, 0.25) is 0 Å². The normalized spacial score (nSPS) is 24.9. The summed E-state index contributed by atoms with van der Waals surface area (Å²) in [7, 11) is 0. The number of ether oxygens (including phenoxy) is 2. The molecule has 16 heteroatoms. The lowest BCUT2D eigenvalue weighted by atomic mass is 9.84. The second-order valence-corrected chi connectivity index (χ2v) is 13.2. The van der Waals surface area contributed by atoms with Crippen LogP contribution in [0.15, 0.2) is 97.1 Å². The fourth-order valence-electron chi connectivity index (χ4n) is 8.37. The van der Waals surface area contributed by atoms with Crippen LogP contribution >= 0.6 is 0 Å². The molecule has 4 heterocycles. The largest absolute Gasteiger partial charge is 0.494 e. The number of non-ortho nitro benzene ring substituents is 2. The monoisotopic (exact) mass is 732 g/mol. The highest BCUT2D eigenvalue weighted by atomic mass is 16.6. The van der Waals surface area contributed by atoms with Crippen molar-refractivity contribution in [2.45, 2.75) is 38.0 Å². The number of anilines is 2. The first-order valence-electron chi connectivity index (χ1n) is 17.3. The van der Waals surface area contributed by atoms with Crippen LogP contribution in [0, 0.1) is 32.1 Å². The van der Waals surface area contributed by atoms with Gasteiger partial charge in [-0.25, -0.2) is 19.8 Å². The van der Waals surface area contributed by atoms with Crippen molar-refractivity contribution in [1.29, 1.82) is 0 Å². The van der Waals surface area contributed by atoms with Gasteiger partial charge in [0.05, 0.1) is 58.4 Å². The van der Waals surface area contributed by atoms with Crippen molar-refractivity contribution < 1.29 is 38.5 Å². The maximum atomic E-state index is 14.7. The van der Waals surface area contributed by atoms with E-state index in [2.05, 4.69) is 0 Å². The van der Waals surface area contributed by atoms with Crippen LogP contribution in [-0.4, -0.2) is 68.8 Å². The second-order valence-electron chi connectivity index (χ2n) is 13.2. The summed E-state index contributed by atoms with van der Waals surface area (Å²) < 4.78 is 11.1. The van der Waals surface area contributed by atoms with Gasteiger partial charge in [-0.05, 0) is 73.5 Å². The minimum absolute atomic E-state index is 0.257. The minimum atomic E-state index is -1.29. The van der Waals surface area contributed by atoms with Gasteiger partial charge in [-0.1, -0.05) is 24.3 Å². The lowest BCUT2D eigenvalue weighted by molar-refractivity contribution is -0.385. The van der Waals surface area contributed by atoms with Crippen LogP contribution in [0.5, 0.6) is 11.5 Å². The van der Waals surface area contributed by atoms with E-state index in [1.165, 1.54) is 36.4 Å². The van der Waals surface area contributed by atoms with E-state index in [1.54, 1.807) is 70.7 Å². The van der Waals surface area contributed by atoms with Gasteiger partial charge in [-0.2, -0.15) is 0 Å². The summed E-state index contributed by atoms with van der Waals surface area (Å²) in [6.45, 7) is 4.43. The van der Waals surface area contributed by atoms with Gasteiger partial charge in [0.1, 0.15) is 23.6 Å². The Morgan fingerprint density at radius 3 is 1.24 bits per heavy atom. The number of carbonyl (C=O) groups excluding carboxylic acids is 4. The van der Waals surface area contributed by atoms with Crippen molar-refractivity contribution >= 4 is 46.4 Å². The molecule has 54 heavy (non-hydrogen) atoms. The maximum Gasteiger partial charge on any atom is 0.269 e. The summed E-state index contributed by atoms with van der Waals surface area (Å²) in [5.74, 6) is -3.88. The zero-order valence-electron chi connectivity index (χ0n) is 28.9. The molecule has 4 saturated heterocycles. The highest BCUT2D eigenvalue weighted by Gasteiger charge is 2.73. The van der Waals surface area contributed by atoms with E-state index in [9.17, 15) is 39.4 Å². The summed E-state index contributed by atoms with van der Waals surface area (Å²) in [6, 6.07) is 19.2. The number of rotatable bonds is 10. The number of nitrogens with zero attached hydrogens (tertiary/aromatic N) is 6. The van der Waals surface area contributed by atoms with Gasteiger partial charge in [0.15, 0.2) is 0 Å². The molecule has 0 N–H and O–H groups in total. The zero-order valence-corrected chi connectivity index (χ0v) is 28.9. The van der Waals surface area contributed by atoms with Gasteiger partial charge in [-0.3, -0.25) is 39.4 Å². The van der Waals surface area contributed by atoms with E-state index in [0.29, 0.717) is 24.7 Å². The molecule has 6 unspecified atom stereocenters. The highest BCUT2D eigenvalue weighted by Crippen LogP contribution is 2.60. The molecule has 0 aromatic heterocycles. The molecular formula is C38H32N6O10. The summed E-state index contributed by atoms with van der Waals surface area (Å²) in [5, 5.41) is 27.1. The van der Waals surface area contributed by atoms with Gasteiger partial charge in [0.25, 0.3) is 23.2 Å². The molecule has 4 aliphatic rings. The minimum Gasteiger partial charge on any atom is -0.494 e. The first-order valence-corrected chi connectivity index (χ1v) is 17.3. The molecule has 4 aromatic rings. The van der Waals surface area contributed by atoms with Crippen molar-refractivity contribution in [1.82, 2.24) is 10.0 Å². The number of carbonyl (C=O) groups is 4. The molecule has 274 valence electrons. The summed E-state index contributed by atoms with van der Waals surface area (Å²) >= 11 is 0. The van der Waals surface area contributed by atoms with Crippen molar-refractivity contribution in [3.63, 3.8) is 0 Å². The smallest absolute Gasteiger partial charge is 0.269 e. The number of hydrogen-bond acceptors (Lipinski definition) is 12. The number of hydrogen-bond donors (Lipinski definition) is 0. The third kappa shape index (κ3) is 5.21. The van der Waals surface area contributed by atoms with E-state index in [0.717, 1.165) is 9.80 Å². The van der Waals surface area contributed by atoms with Crippen LogP contribution in [0.3, 0.4) is 0 Å². The molecular weight excluding hydrogens is 700 g/mol. The van der Waals surface area contributed by atoms with Crippen LogP contribution < -0.4 is 19.3 Å². The average molecular weight is 733 g/mol.